The highest BCUT2D eigenvalue weighted by Gasteiger charge is 2.15. The second-order valence-electron chi connectivity index (χ2n) is 6.76. The van der Waals surface area contributed by atoms with E-state index in [2.05, 4.69) is 25.1 Å². The molecule has 4 rings (SSSR count). The third-order valence-electron chi connectivity index (χ3n) is 4.63. The molecule has 0 radical (unpaired) electrons. The number of nitrogens with zero attached hydrogens (tertiary/aromatic N) is 3. The minimum atomic E-state index is -3.71. The first-order chi connectivity index (χ1) is 14.0. The summed E-state index contributed by atoms with van der Waals surface area (Å²) in [5.74, 6) is 0.640. The van der Waals surface area contributed by atoms with Crippen molar-refractivity contribution < 1.29 is 8.42 Å². The molecule has 0 aliphatic carbocycles. The van der Waals surface area contributed by atoms with Gasteiger partial charge in [0.1, 0.15) is 0 Å². The van der Waals surface area contributed by atoms with E-state index in [1.54, 1.807) is 42.6 Å². The minimum absolute atomic E-state index is 0.112. The predicted molar refractivity (Wildman–Crippen MR) is 115 cm³/mol. The van der Waals surface area contributed by atoms with Gasteiger partial charge in [-0.05, 0) is 55.3 Å². The van der Waals surface area contributed by atoms with Crippen molar-refractivity contribution in [2.24, 2.45) is 0 Å². The molecule has 0 saturated carbocycles. The molecule has 29 heavy (non-hydrogen) atoms. The SMILES string of the molecule is O=S(=O)(Nc1ccc(Nc2cc(N3CCCC3)cnn2)cc1)c1cccc(Cl)c1. The molecular weight excluding hydrogens is 410 g/mol. The lowest BCUT2D eigenvalue weighted by molar-refractivity contribution is 0.601. The van der Waals surface area contributed by atoms with E-state index in [0.717, 1.165) is 24.5 Å². The molecule has 2 N–H and O–H groups in total. The van der Waals surface area contributed by atoms with Crippen LogP contribution in [-0.4, -0.2) is 31.7 Å². The van der Waals surface area contributed by atoms with Crippen LogP contribution in [0.2, 0.25) is 5.02 Å². The molecule has 0 atom stereocenters. The fraction of sp³-hybridized carbons (Fsp3) is 0.200. The maximum atomic E-state index is 12.5. The number of sulfonamides is 1. The first-order valence-corrected chi connectivity index (χ1v) is 11.1. The van der Waals surface area contributed by atoms with Gasteiger partial charge < -0.3 is 10.2 Å². The summed E-state index contributed by atoms with van der Waals surface area (Å²) in [6.07, 6.45) is 4.15. The number of hydrogen-bond donors (Lipinski definition) is 2. The van der Waals surface area contributed by atoms with Crippen LogP contribution < -0.4 is 14.9 Å². The fourth-order valence-corrected chi connectivity index (χ4v) is 4.54. The highest BCUT2D eigenvalue weighted by molar-refractivity contribution is 7.92. The molecule has 1 saturated heterocycles. The summed E-state index contributed by atoms with van der Waals surface area (Å²) in [4.78, 5) is 2.40. The summed E-state index contributed by atoms with van der Waals surface area (Å²) in [5, 5.41) is 11.8. The molecule has 0 unspecified atom stereocenters. The van der Waals surface area contributed by atoms with E-state index < -0.39 is 10.0 Å². The van der Waals surface area contributed by atoms with Crippen molar-refractivity contribution in [1.82, 2.24) is 10.2 Å². The quantitative estimate of drug-likeness (QED) is 0.608. The average Bonchev–Trinajstić information content (AvgIpc) is 3.25. The Labute approximate surface area is 174 Å². The highest BCUT2D eigenvalue weighted by atomic mass is 35.5. The molecule has 9 heteroatoms. The lowest BCUT2D eigenvalue weighted by Gasteiger charge is -2.17. The third kappa shape index (κ3) is 4.78. The number of halogens is 1. The van der Waals surface area contributed by atoms with Crippen molar-refractivity contribution in [3.8, 4) is 0 Å². The van der Waals surface area contributed by atoms with Crippen molar-refractivity contribution in [2.75, 3.05) is 28.0 Å². The van der Waals surface area contributed by atoms with Gasteiger partial charge in [-0.3, -0.25) is 4.72 Å². The Bertz CT molecular complexity index is 1100. The number of nitrogens with one attached hydrogen (secondary N) is 2. The predicted octanol–water partition coefficient (Wildman–Crippen LogP) is 4.27. The Hall–Kier alpha value is -2.84. The normalized spacial score (nSPS) is 14.0. The maximum Gasteiger partial charge on any atom is 0.261 e. The van der Waals surface area contributed by atoms with E-state index in [0.29, 0.717) is 16.5 Å². The van der Waals surface area contributed by atoms with Crippen molar-refractivity contribution in [3.05, 3.63) is 65.8 Å². The van der Waals surface area contributed by atoms with E-state index >= 15 is 0 Å². The molecule has 1 aromatic heterocycles. The standard InChI is InChI=1S/C20H20ClN5O2S/c21-15-4-3-5-19(12-15)29(27,28)25-17-8-6-16(7-9-17)23-20-13-18(14-22-24-20)26-10-1-2-11-26/h3-9,12-14,25H,1-2,10-11H2,(H,23,24). The van der Waals surface area contributed by atoms with Gasteiger partial charge in [-0.1, -0.05) is 17.7 Å². The van der Waals surface area contributed by atoms with Crippen LogP contribution in [0.3, 0.4) is 0 Å². The Morgan fingerprint density at radius 1 is 0.966 bits per heavy atom. The van der Waals surface area contributed by atoms with Gasteiger partial charge in [0.05, 0.1) is 16.8 Å². The van der Waals surface area contributed by atoms with Crippen LogP contribution in [0, 0.1) is 0 Å². The Kier molecular flexibility index (Phi) is 5.55. The van der Waals surface area contributed by atoms with Gasteiger partial charge >= 0.3 is 0 Å². The van der Waals surface area contributed by atoms with Crippen molar-refractivity contribution in [1.29, 1.82) is 0 Å². The molecule has 150 valence electrons. The zero-order valence-corrected chi connectivity index (χ0v) is 17.1. The molecular formula is C20H20ClN5O2S. The molecule has 0 amide bonds. The van der Waals surface area contributed by atoms with Gasteiger partial charge in [-0.15, -0.1) is 5.10 Å². The maximum absolute atomic E-state index is 12.5. The van der Waals surface area contributed by atoms with Crippen LogP contribution in [0.15, 0.2) is 65.7 Å². The molecule has 3 aromatic rings. The summed E-state index contributed by atoms with van der Waals surface area (Å²) >= 11 is 5.89. The van der Waals surface area contributed by atoms with Crippen molar-refractivity contribution in [3.63, 3.8) is 0 Å². The molecule has 2 aromatic carbocycles. The number of benzene rings is 2. The number of anilines is 4. The monoisotopic (exact) mass is 429 g/mol. The second kappa shape index (κ2) is 8.26. The lowest BCUT2D eigenvalue weighted by Crippen LogP contribution is -2.18. The smallest absolute Gasteiger partial charge is 0.261 e. The van der Waals surface area contributed by atoms with Crippen LogP contribution >= 0.6 is 11.6 Å². The van der Waals surface area contributed by atoms with Crippen molar-refractivity contribution in [2.45, 2.75) is 17.7 Å². The molecule has 0 spiro atoms. The Morgan fingerprint density at radius 3 is 2.41 bits per heavy atom. The molecule has 1 fully saturated rings. The first kappa shape index (κ1) is 19.5. The number of aromatic nitrogens is 2. The molecule has 0 bridgehead atoms. The summed E-state index contributed by atoms with van der Waals surface area (Å²) in [6.45, 7) is 2.07. The highest BCUT2D eigenvalue weighted by Crippen LogP contribution is 2.24. The van der Waals surface area contributed by atoms with E-state index in [1.165, 1.54) is 25.0 Å². The topological polar surface area (TPSA) is 87.2 Å². The molecule has 1 aliphatic rings. The molecule has 1 aliphatic heterocycles. The van der Waals surface area contributed by atoms with E-state index in [4.69, 9.17) is 11.6 Å². The largest absolute Gasteiger partial charge is 0.370 e. The number of hydrogen-bond acceptors (Lipinski definition) is 6. The Balaban J connectivity index is 1.45. The van der Waals surface area contributed by atoms with E-state index in [-0.39, 0.29) is 4.90 Å². The molecule has 2 heterocycles. The molecule has 7 nitrogen and oxygen atoms in total. The zero-order chi connectivity index (χ0) is 20.3. The van der Waals surface area contributed by atoms with Gasteiger partial charge in [0.2, 0.25) is 0 Å². The average molecular weight is 430 g/mol. The van der Waals surface area contributed by atoms with Gasteiger partial charge in [0.25, 0.3) is 10.0 Å². The van der Waals surface area contributed by atoms with Crippen molar-refractivity contribution >= 4 is 44.5 Å². The fourth-order valence-electron chi connectivity index (χ4n) is 3.18. The van der Waals surface area contributed by atoms with Crippen LogP contribution in [-0.2, 0) is 10.0 Å². The Morgan fingerprint density at radius 2 is 1.69 bits per heavy atom. The second-order valence-corrected chi connectivity index (χ2v) is 8.88. The third-order valence-corrected chi connectivity index (χ3v) is 6.24. The number of rotatable bonds is 6. The zero-order valence-electron chi connectivity index (χ0n) is 15.5. The summed E-state index contributed by atoms with van der Waals surface area (Å²) in [5.41, 5.74) is 2.28. The van der Waals surface area contributed by atoms with E-state index in [9.17, 15) is 8.42 Å². The van der Waals surface area contributed by atoms with E-state index in [1.807, 2.05) is 6.07 Å². The van der Waals surface area contributed by atoms with Gasteiger partial charge in [0.15, 0.2) is 5.82 Å². The van der Waals surface area contributed by atoms with Crippen LogP contribution in [0.4, 0.5) is 22.9 Å². The van der Waals surface area contributed by atoms with Crippen LogP contribution in [0.25, 0.3) is 0 Å². The summed E-state index contributed by atoms with van der Waals surface area (Å²) in [7, 11) is -3.71. The van der Waals surface area contributed by atoms with Gasteiger partial charge in [-0.25, -0.2) is 8.42 Å². The van der Waals surface area contributed by atoms with Crippen LogP contribution in [0.1, 0.15) is 12.8 Å². The summed E-state index contributed by atoms with van der Waals surface area (Å²) < 4.78 is 27.5. The summed E-state index contributed by atoms with van der Waals surface area (Å²) in [6, 6.07) is 15.0. The van der Waals surface area contributed by atoms with Crippen LogP contribution in [0.5, 0.6) is 0 Å². The van der Waals surface area contributed by atoms with Gasteiger partial charge in [-0.2, -0.15) is 5.10 Å². The first-order valence-electron chi connectivity index (χ1n) is 9.23. The lowest BCUT2D eigenvalue weighted by atomic mass is 10.3. The van der Waals surface area contributed by atoms with Gasteiger partial charge in [0, 0.05) is 35.6 Å². The minimum Gasteiger partial charge on any atom is -0.370 e.